The van der Waals surface area contributed by atoms with Crippen LogP contribution in [0.15, 0.2) is 24.3 Å². The maximum absolute atomic E-state index is 12.2. The van der Waals surface area contributed by atoms with Crippen molar-refractivity contribution in [3.8, 4) is 5.75 Å². The lowest BCUT2D eigenvalue weighted by Gasteiger charge is -2.32. The van der Waals surface area contributed by atoms with Gasteiger partial charge in [-0.2, -0.15) is 0 Å². The maximum Gasteiger partial charge on any atom is 0.317 e. The van der Waals surface area contributed by atoms with Crippen molar-refractivity contribution in [3.63, 3.8) is 0 Å². The zero-order chi connectivity index (χ0) is 15.1. The van der Waals surface area contributed by atoms with Crippen molar-refractivity contribution in [2.24, 2.45) is 5.92 Å². The summed E-state index contributed by atoms with van der Waals surface area (Å²) in [6, 6.07) is 7.73. The first-order chi connectivity index (χ1) is 10.2. The van der Waals surface area contributed by atoms with Crippen LogP contribution in [-0.2, 0) is 11.3 Å². The molecule has 1 aliphatic heterocycles. The van der Waals surface area contributed by atoms with Gasteiger partial charge in [0, 0.05) is 32.7 Å². The average Bonchev–Trinajstić information content (AvgIpc) is 2.53. The van der Waals surface area contributed by atoms with Crippen LogP contribution >= 0.6 is 0 Å². The molecule has 2 rings (SSSR count). The van der Waals surface area contributed by atoms with Gasteiger partial charge in [-0.05, 0) is 30.5 Å². The van der Waals surface area contributed by atoms with Gasteiger partial charge >= 0.3 is 6.03 Å². The summed E-state index contributed by atoms with van der Waals surface area (Å²) in [7, 11) is 3.35. The summed E-state index contributed by atoms with van der Waals surface area (Å²) in [6.07, 6.45) is 2.18. The fraction of sp³-hybridized carbons (Fsp3) is 0.562. The molecule has 116 valence electrons. The first kappa shape index (κ1) is 15.6. The van der Waals surface area contributed by atoms with E-state index in [2.05, 4.69) is 5.32 Å². The van der Waals surface area contributed by atoms with Crippen LogP contribution in [0.3, 0.4) is 0 Å². The number of nitrogens with zero attached hydrogens (tertiary/aromatic N) is 1. The Bertz CT molecular complexity index is 445. The molecule has 1 N–H and O–H groups in total. The molecule has 1 aliphatic rings. The molecular weight excluding hydrogens is 268 g/mol. The SMILES string of the molecule is COCC1CCCN(C(=O)NCc2ccc(OC)cc2)C1. The van der Waals surface area contributed by atoms with Gasteiger partial charge in [0.2, 0.25) is 0 Å². The number of amides is 2. The largest absolute Gasteiger partial charge is 0.497 e. The number of rotatable bonds is 5. The molecule has 5 heteroatoms. The Balaban J connectivity index is 1.80. The lowest BCUT2D eigenvalue weighted by atomic mass is 9.99. The molecule has 0 saturated carbocycles. The molecule has 1 fully saturated rings. The molecule has 2 amide bonds. The quantitative estimate of drug-likeness (QED) is 0.905. The second-order valence-electron chi connectivity index (χ2n) is 5.42. The fourth-order valence-corrected chi connectivity index (χ4v) is 2.65. The molecule has 0 aliphatic carbocycles. The van der Waals surface area contributed by atoms with Gasteiger partial charge in [0.15, 0.2) is 0 Å². The number of urea groups is 1. The van der Waals surface area contributed by atoms with Crippen molar-refractivity contribution in [1.29, 1.82) is 0 Å². The Morgan fingerprint density at radius 3 is 2.76 bits per heavy atom. The molecule has 0 spiro atoms. The number of hydrogen-bond donors (Lipinski definition) is 1. The van der Waals surface area contributed by atoms with Crippen molar-refractivity contribution in [1.82, 2.24) is 10.2 Å². The van der Waals surface area contributed by atoms with Crippen molar-refractivity contribution < 1.29 is 14.3 Å². The third-order valence-corrected chi connectivity index (χ3v) is 3.81. The van der Waals surface area contributed by atoms with Gasteiger partial charge in [-0.1, -0.05) is 12.1 Å². The standard InChI is InChI=1S/C16H24N2O3/c1-20-12-14-4-3-9-18(11-14)16(19)17-10-13-5-7-15(21-2)8-6-13/h5-8,14H,3-4,9-12H2,1-2H3,(H,17,19). The highest BCUT2D eigenvalue weighted by Crippen LogP contribution is 2.17. The molecule has 1 aromatic carbocycles. The summed E-state index contributed by atoms with van der Waals surface area (Å²) >= 11 is 0. The molecule has 0 aromatic heterocycles. The van der Waals surface area contributed by atoms with E-state index < -0.39 is 0 Å². The smallest absolute Gasteiger partial charge is 0.317 e. The minimum absolute atomic E-state index is 0.00613. The van der Waals surface area contributed by atoms with Gasteiger partial charge < -0.3 is 19.7 Å². The molecule has 1 aromatic rings. The molecule has 0 radical (unpaired) electrons. The molecule has 1 heterocycles. The van der Waals surface area contributed by atoms with Crippen molar-refractivity contribution in [2.45, 2.75) is 19.4 Å². The summed E-state index contributed by atoms with van der Waals surface area (Å²) < 4.78 is 10.3. The molecule has 1 atom stereocenters. The highest BCUT2D eigenvalue weighted by Gasteiger charge is 2.23. The first-order valence-corrected chi connectivity index (χ1v) is 7.37. The number of hydrogen-bond acceptors (Lipinski definition) is 3. The Morgan fingerprint density at radius 2 is 2.10 bits per heavy atom. The lowest BCUT2D eigenvalue weighted by molar-refractivity contribution is 0.100. The lowest BCUT2D eigenvalue weighted by Crippen LogP contribution is -2.46. The number of carbonyl (C=O) groups excluding carboxylic acids is 1. The van der Waals surface area contributed by atoms with Crippen LogP contribution in [-0.4, -0.2) is 44.8 Å². The van der Waals surface area contributed by atoms with E-state index in [-0.39, 0.29) is 6.03 Å². The Hall–Kier alpha value is -1.75. The van der Waals surface area contributed by atoms with Crippen LogP contribution < -0.4 is 10.1 Å². The molecule has 1 saturated heterocycles. The zero-order valence-corrected chi connectivity index (χ0v) is 12.8. The second kappa shape index (κ2) is 7.88. The number of methoxy groups -OCH3 is 2. The molecular formula is C16H24N2O3. The second-order valence-corrected chi connectivity index (χ2v) is 5.42. The van der Waals surface area contributed by atoms with Crippen LogP contribution in [0.1, 0.15) is 18.4 Å². The first-order valence-electron chi connectivity index (χ1n) is 7.37. The number of benzene rings is 1. The summed E-state index contributed by atoms with van der Waals surface area (Å²) in [5.74, 6) is 1.28. The Labute approximate surface area is 126 Å². The average molecular weight is 292 g/mol. The summed E-state index contributed by atoms with van der Waals surface area (Å²) in [5.41, 5.74) is 1.06. The third-order valence-electron chi connectivity index (χ3n) is 3.81. The predicted octanol–water partition coefficient (Wildman–Crippen LogP) is 2.26. The van der Waals surface area contributed by atoms with Crippen molar-refractivity contribution in [3.05, 3.63) is 29.8 Å². The minimum Gasteiger partial charge on any atom is -0.497 e. The fourth-order valence-electron chi connectivity index (χ4n) is 2.65. The van der Waals surface area contributed by atoms with Gasteiger partial charge in [0.1, 0.15) is 5.75 Å². The molecule has 0 bridgehead atoms. The van der Waals surface area contributed by atoms with Crippen molar-refractivity contribution in [2.75, 3.05) is 33.9 Å². The van der Waals surface area contributed by atoms with E-state index >= 15 is 0 Å². The van der Waals surface area contributed by atoms with Gasteiger partial charge in [-0.25, -0.2) is 4.79 Å². The van der Waals surface area contributed by atoms with Crippen LogP contribution in [0.4, 0.5) is 4.79 Å². The topological polar surface area (TPSA) is 50.8 Å². The number of carbonyl (C=O) groups is 1. The van der Waals surface area contributed by atoms with Crippen molar-refractivity contribution >= 4 is 6.03 Å². The molecule has 21 heavy (non-hydrogen) atoms. The predicted molar refractivity (Wildman–Crippen MR) is 81.4 cm³/mol. The normalized spacial score (nSPS) is 18.4. The highest BCUT2D eigenvalue weighted by molar-refractivity contribution is 5.74. The van der Waals surface area contributed by atoms with Crippen LogP contribution in [0.25, 0.3) is 0 Å². The summed E-state index contributed by atoms with van der Waals surface area (Å²) in [4.78, 5) is 14.1. The van der Waals surface area contributed by atoms with E-state index in [0.717, 1.165) is 43.9 Å². The van der Waals surface area contributed by atoms with Crippen LogP contribution in [0.2, 0.25) is 0 Å². The minimum atomic E-state index is 0.00613. The summed E-state index contributed by atoms with van der Waals surface area (Å²) in [6.45, 7) is 2.87. The monoisotopic (exact) mass is 292 g/mol. The molecule has 1 unspecified atom stereocenters. The zero-order valence-electron chi connectivity index (χ0n) is 12.8. The number of piperidine rings is 1. The van der Waals surface area contributed by atoms with E-state index in [9.17, 15) is 4.79 Å². The van der Waals surface area contributed by atoms with E-state index in [1.807, 2.05) is 29.2 Å². The van der Waals surface area contributed by atoms with E-state index in [0.29, 0.717) is 12.5 Å². The Morgan fingerprint density at radius 1 is 1.33 bits per heavy atom. The van der Waals surface area contributed by atoms with Gasteiger partial charge in [0.05, 0.1) is 13.7 Å². The van der Waals surface area contributed by atoms with Crippen LogP contribution in [0, 0.1) is 5.92 Å². The Kier molecular flexibility index (Phi) is 5.87. The maximum atomic E-state index is 12.2. The third kappa shape index (κ3) is 4.63. The van der Waals surface area contributed by atoms with E-state index in [1.54, 1.807) is 14.2 Å². The van der Waals surface area contributed by atoms with Gasteiger partial charge in [-0.3, -0.25) is 0 Å². The molecule has 5 nitrogen and oxygen atoms in total. The highest BCUT2D eigenvalue weighted by atomic mass is 16.5. The van der Waals surface area contributed by atoms with Crippen LogP contribution in [0.5, 0.6) is 5.75 Å². The number of nitrogens with one attached hydrogen (secondary N) is 1. The van der Waals surface area contributed by atoms with Gasteiger partial charge in [0.25, 0.3) is 0 Å². The van der Waals surface area contributed by atoms with Gasteiger partial charge in [-0.15, -0.1) is 0 Å². The van der Waals surface area contributed by atoms with E-state index in [1.165, 1.54) is 0 Å². The number of likely N-dealkylation sites (tertiary alicyclic amines) is 1. The number of ether oxygens (including phenoxy) is 2. The summed E-state index contributed by atoms with van der Waals surface area (Å²) in [5, 5.41) is 2.97. The van der Waals surface area contributed by atoms with E-state index in [4.69, 9.17) is 9.47 Å².